The molecule has 0 fully saturated rings. The summed E-state index contributed by atoms with van der Waals surface area (Å²) in [5.41, 5.74) is 2.72. The molecule has 0 radical (unpaired) electrons. The van der Waals surface area contributed by atoms with Crippen LogP contribution in [0.4, 0.5) is 0 Å². The number of carbonyl (C=O) groups is 1. The van der Waals surface area contributed by atoms with Crippen LogP contribution in [0.3, 0.4) is 0 Å². The van der Waals surface area contributed by atoms with Crippen LogP contribution in [0.25, 0.3) is 10.9 Å². The first-order chi connectivity index (χ1) is 11.6. The smallest absolute Gasteiger partial charge is 0.252 e. The van der Waals surface area contributed by atoms with Crippen molar-refractivity contribution in [2.45, 2.75) is 11.8 Å². The second kappa shape index (κ2) is 7.51. The molecule has 0 atom stereocenters. The molecule has 2 aromatic carbocycles. The number of aromatic nitrogens is 1. The van der Waals surface area contributed by atoms with E-state index in [0.717, 1.165) is 17.0 Å². The van der Waals surface area contributed by atoms with E-state index in [1.54, 1.807) is 30.0 Å². The van der Waals surface area contributed by atoms with Gasteiger partial charge in [0.1, 0.15) is 0 Å². The molecule has 0 saturated carbocycles. The van der Waals surface area contributed by atoms with Crippen LogP contribution in [-0.4, -0.2) is 23.2 Å². The number of H-pyrrole nitrogens is 1. The average molecular weight is 379 g/mol. The lowest BCUT2D eigenvalue weighted by Gasteiger charge is -2.07. The Hall–Kier alpha value is -1.62. The van der Waals surface area contributed by atoms with Gasteiger partial charge >= 0.3 is 0 Å². The highest BCUT2D eigenvalue weighted by Gasteiger charge is 2.11. The van der Waals surface area contributed by atoms with Crippen molar-refractivity contribution < 1.29 is 4.79 Å². The quantitative estimate of drug-likeness (QED) is 0.466. The van der Waals surface area contributed by atoms with Crippen LogP contribution in [0.15, 0.2) is 47.4 Å². The second-order valence-corrected chi connectivity index (χ2v) is 7.30. The number of benzene rings is 2. The second-order valence-electron chi connectivity index (χ2n) is 5.35. The molecule has 0 aliphatic rings. The molecule has 0 saturated heterocycles. The Morgan fingerprint density at radius 3 is 2.79 bits per heavy atom. The van der Waals surface area contributed by atoms with Gasteiger partial charge in [0.25, 0.3) is 5.91 Å². The number of rotatable bonds is 5. The summed E-state index contributed by atoms with van der Waals surface area (Å²) in [5.74, 6) is 0.590. The summed E-state index contributed by atoms with van der Waals surface area (Å²) < 4.78 is 0. The number of hydrogen-bond acceptors (Lipinski definition) is 2. The van der Waals surface area contributed by atoms with Gasteiger partial charge in [-0.2, -0.15) is 0 Å². The maximum absolute atomic E-state index is 12.2. The van der Waals surface area contributed by atoms with Gasteiger partial charge in [0.15, 0.2) is 0 Å². The van der Waals surface area contributed by atoms with E-state index in [-0.39, 0.29) is 5.91 Å². The molecule has 1 heterocycles. The van der Waals surface area contributed by atoms with Crippen molar-refractivity contribution in [3.8, 4) is 0 Å². The van der Waals surface area contributed by atoms with Gasteiger partial charge in [0.2, 0.25) is 0 Å². The van der Waals surface area contributed by atoms with Crippen LogP contribution in [0.5, 0.6) is 0 Å². The summed E-state index contributed by atoms with van der Waals surface area (Å²) in [6.45, 7) is 2.62. The highest BCUT2D eigenvalue weighted by atomic mass is 35.5. The number of nitrogens with one attached hydrogen (secondary N) is 2. The minimum Gasteiger partial charge on any atom is -0.358 e. The van der Waals surface area contributed by atoms with Crippen molar-refractivity contribution in [3.63, 3.8) is 0 Å². The van der Waals surface area contributed by atoms with Gasteiger partial charge in [-0.3, -0.25) is 4.79 Å². The summed E-state index contributed by atoms with van der Waals surface area (Å²) in [6.07, 6.45) is 0. The van der Waals surface area contributed by atoms with Crippen LogP contribution < -0.4 is 5.32 Å². The molecule has 2 N–H and O–H groups in total. The lowest BCUT2D eigenvalue weighted by atomic mass is 10.2. The molecule has 0 aliphatic carbocycles. The molecule has 1 aromatic heterocycles. The van der Waals surface area contributed by atoms with Crippen molar-refractivity contribution in [2.75, 3.05) is 12.3 Å². The Morgan fingerprint density at radius 1 is 1.21 bits per heavy atom. The monoisotopic (exact) mass is 378 g/mol. The molecule has 0 bridgehead atoms. The Labute approximate surface area is 154 Å². The van der Waals surface area contributed by atoms with Crippen molar-refractivity contribution in [2.24, 2.45) is 0 Å². The first-order valence-electron chi connectivity index (χ1n) is 7.49. The van der Waals surface area contributed by atoms with Crippen LogP contribution in [0.2, 0.25) is 10.0 Å². The highest BCUT2D eigenvalue weighted by Crippen LogP contribution is 2.31. The van der Waals surface area contributed by atoms with Gasteiger partial charge in [0, 0.05) is 38.8 Å². The zero-order valence-corrected chi connectivity index (χ0v) is 15.4. The normalized spacial score (nSPS) is 11.0. The van der Waals surface area contributed by atoms with E-state index in [0.29, 0.717) is 22.2 Å². The number of fused-ring (bicyclic) bond motifs is 1. The number of thioether (sulfide) groups is 1. The fourth-order valence-corrected chi connectivity index (χ4v) is 4.03. The number of hydrogen-bond donors (Lipinski definition) is 2. The van der Waals surface area contributed by atoms with Crippen molar-refractivity contribution in [1.29, 1.82) is 0 Å². The van der Waals surface area contributed by atoms with Gasteiger partial charge in [-0.15, -0.1) is 11.8 Å². The van der Waals surface area contributed by atoms with Gasteiger partial charge < -0.3 is 10.3 Å². The molecule has 1 amide bonds. The lowest BCUT2D eigenvalue weighted by molar-refractivity contribution is 0.0956. The number of aromatic amines is 1. The zero-order chi connectivity index (χ0) is 17.1. The van der Waals surface area contributed by atoms with Gasteiger partial charge in [-0.25, -0.2) is 0 Å². The van der Waals surface area contributed by atoms with Crippen LogP contribution in [0.1, 0.15) is 16.1 Å². The first-order valence-corrected chi connectivity index (χ1v) is 9.24. The van der Waals surface area contributed by atoms with Crippen molar-refractivity contribution in [1.82, 2.24) is 10.3 Å². The molecule has 0 unspecified atom stereocenters. The minimum atomic E-state index is -0.187. The average Bonchev–Trinajstić information content (AvgIpc) is 2.87. The van der Waals surface area contributed by atoms with Crippen LogP contribution in [0, 0.1) is 6.92 Å². The fraction of sp³-hybridized carbons (Fsp3) is 0.167. The Kier molecular flexibility index (Phi) is 5.39. The molecule has 0 spiro atoms. The third-order valence-corrected chi connectivity index (χ3v) is 5.42. The Balaban J connectivity index is 1.58. The summed E-state index contributed by atoms with van der Waals surface area (Å²) in [6, 6.07) is 13.1. The number of carbonyl (C=O) groups excluding carboxylic acids is 1. The molecular formula is C18H16Cl2N2OS. The van der Waals surface area contributed by atoms with E-state index in [1.807, 2.05) is 12.1 Å². The van der Waals surface area contributed by atoms with E-state index >= 15 is 0 Å². The number of aryl methyl sites for hydroxylation is 1. The summed E-state index contributed by atoms with van der Waals surface area (Å²) in [7, 11) is 0. The molecule has 124 valence electrons. The zero-order valence-electron chi connectivity index (χ0n) is 13.0. The predicted octanol–water partition coefficient (Wildman–Crippen LogP) is 5.31. The van der Waals surface area contributed by atoms with E-state index in [9.17, 15) is 4.79 Å². The maximum Gasteiger partial charge on any atom is 0.252 e. The largest absolute Gasteiger partial charge is 0.358 e. The van der Waals surface area contributed by atoms with E-state index in [1.165, 1.54) is 10.3 Å². The minimum absolute atomic E-state index is 0.187. The third-order valence-electron chi connectivity index (χ3n) is 3.64. The maximum atomic E-state index is 12.2. The van der Waals surface area contributed by atoms with Crippen molar-refractivity contribution >= 4 is 51.8 Å². The lowest BCUT2D eigenvalue weighted by Crippen LogP contribution is -2.26. The SMILES string of the molecule is Cc1[nH]c2ccccc2c1SCCNC(=O)c1ccc(Cl)cc1Cl. The summed E-state index contributed by atoms with van der Waals surface area (Å²) in [4.78, 5) is 16.8. The summed E-state index contributed by atoms with van der Waals surface area (Å²) in [5, 5.41) is 4.98. The molecule has 3 nitrogen and oxygen atoms in total. The predicted molar refractivity (Wildman–Crippen MR) is 103 cm³/mol. The molecular weight excluding hydrogens is 363 g/mol. The highest BCUT2D eigenvalue weighted by molar-refractivity contribution is 7.99. The molecule has 24 heavy (non-hydrogen) atoms. The first kappa shape index (κ1) is 17.2. The number of halogens is 2. The standard InChI is InChI=1S/C18H16Cl2N2OS/c1-11-17(14-4-2-3-5-16(14)22-11)24-9-8-21-18(23)13-7-6-12(19)10-15(13)20/h2-7,10,22H,8-9H2,1H3,(H,21,23). The van der Waals surface area contributed by atoms with E-state index in [2.05, 4.69) is 29.4 Å². The number of para-hydroxylation sites is 1. The Bertz CT molecular complexity index is 892. The molecule has 0 aliphatic heterocycles. The van der Waals surface area contributed by atoms with E-state index in [4.69, 9.17) is 23.2 Å². The van der Waals surface area contributed by atoms with Crippen LogP contribution in [-0.2, 0) is 0 Å². The van der Waals surface area contributed by atoms with Crippen LogP contribution >= 0.6 is 35.0 Å². The third kappa shape index (κ3) is 3.72. The van der Waals surface area contributed by atoms with E-state index < -0.39 is 0 Å². The molecule has 3 aromatic rings. The van der Waals surface area contributed by atoms with Crippen molar-refractivity contribution in [3.05, 3.63) is 63.8 Å². The fourth-order valence-electron chi connectivity index (χ4n) is 2.52. The molecule has 3 rings (SSSR count). The topological polar surface area (TPSA) is 44.9 Å². The molecule has 6 heteroatoms. The number of amides is 1. The van der Waals surface area contributed by atoms with Gasteiger partial charge in [-0.1, -0.05) is 41.4 Å². The van der Waals surface area contributed by atoms with Gasteiger partial charge in [-0.05, 0) is 31.2 Å². The van der Waals surface area contributed by atoms with Gasteiger partial charge in [0.05, 0.1) is 10.6 Å². The summed E-state index contributed by atoms with van der Waals surface area (Å²) >= 11 is 13.6. The Morgan fingerprint density at radius 2 is 2.00 bits per heavy atom.